The summed E-state index contributed by atoms with van der Waals surface area (Å²) >= 11 is 0. The molecule has 1 rings (SSSR count). The molecule has 3 atom stereocenters. The summed E-state index contributed by atoms with van der Waals surface area (Å²) < 4.78 is 0. The molecular formula is C8H16O. The van der Waals surface area contributed by atoms with Gasteiger partial charge in [-0.2, -0.15) is 0 Å². The molecule has 1 N–H and O–H groups in total. The summed E-state index contributed by atoms with van der Waals surface area (Å²) in [5.74, 6) is 1.19. The second-order valence-corrected chi connectivity index (χ2v) is 3.66. The summed E-state index contributed by atoms with van der Waals surface area (Å²) in [6.45, 7) is 6.30. The number of hydrogen-bond donors (Lipinski definition) is 1. The Bertz CT molecular complexity index is 107. The van der Waals surface area contributed by atoms with Crippen molar-refractivity contribution in [3.05, 3.63) is 0 Å². The predicted octanol–water partition coefficient (Wildman–Crippen LogP) is 1.80. The van der Waals surface area contributed by atoms with E-state index in [1.54, 1.807) is 0 Å². The topological polar surface area (TPSA) is 20.2 Å². The monoisotopic (exact) mass is 128 g/mol. The van der Waals surface area contributed by atoms with Crippen LogP contribution >= 0.6 is 0 Å². The van der Waals surface area contributed by atoms with Crippen molar-refractivity contribution in [3.63, 3.8) is 0 Å². The molecule has 0 aromatic heterocycles. The third-order valence-electron chi connectivity index (χ3n) is 2.94. The van der Waals surface area contributed by atoms with Crippen LogP contribution in [0.15, 0.2) is 0 Å². The van der Waals surface area contributed by atoms with E-state index in [9.17, 15) is 5.11 Å². The van der Waals surface area contributed by atoms with E-state index in [1.807, 2.05) is 6.92 Å². The first-order chi connectivity index (χ1) is 4.04. The van der Waals surface area contributed by atoms with E-state index in [-0.39, 0.29) is 5.60 Å². The maximum Gasteiger partial charge on any atom is 0.0647 e. The minimum Gasteiger partial charge on any atom is -0.390 e. The second-order valence-electron chi connectivity index (χ2n) is 3.66. The average Bonchev–Trinajstić information content (AvgIpc) is 1.97. The average molecular weight is 128 g/mol. The molecule has 0 aromatic carbocycles. The van der Waals surface area contributed by atoms with E-state index in [0.29, 0.717) is 11.8 Å². The van der Waals surface area contributed by atoms with Crippen molar-refractivity contribution in [2.24, 2.45) is 11.8 Å². The Balaban J connectivity index is 2.62. The van der Waals surface area contributed by atoms with Gasteiger partial charge < -0.3 is 5.11 Å². The van der Waals surface area contributed by atoms with E-state index in [1.165, 1.54) is 6.42 Å². The number of aliphatic hydroxyl groups is 1. The van der Waals surface area contributed by atoms with Crippen molar-refractivity contribution in [3.8, 4) is 0 Å². The van der Waals surface area contributed by atoms with Gasteiger partial charge in [0.25, 0.3) is 0 Å². The van der Waals surface area contributed by atoms with Gasteiger partial charge in [0.15, 0.2) is 0 Å². The van der Waals surface area contributed by atoms with Crippen molar-refractivity contribution in [2.45, 2.75) is 39.2 Å². The molecule has 1 saturated carbocycles. The van der Waals surface area contributed by atoms with Crippen LogP contribution in [0.4, 0.5) is 0 Å². The fourth-order valence-corrected chi connectivity index (χ4v) is 1.61. The van der Waals surface area contributed by atoms with Crippen molar-refractivity contribution in [2.75, 3.05) is 0 Å². The minimum absolute atomic E-state index is 0.376. The van der Waals surface area contributed by atoms with Crippen LogP contribution in [0.5, 0.6) is 0 Å². The third-order valence-corrected chi connectivity index (χ3v) is 2.94. The Hall–Kier alpha value is -0.0400. The highest BCUT2D eigenvalue weighted by molar-refractivity contribution is 4.89. The van der Waals surface area contributed by atoms with E-state index in [0.717, 1.165) is 6.42 Å². The smallest absolute Gasteiger partial charge is 0.0647 e. The Morgan fingerprint density at radius 2 is 2.00 bits per heavy atom. The van der Waals surface area contributed by atoms with Crippen LogP contribution in [-0.2, 0) is 0 Å². The molecule has 0 amide bonds. The van der Waals surface area contributed by atoms with Crippen LogP contribution < -0.4 is 0 Å². The Morgan fingerprint density at radius 1 is 1.44 bits per heavy atom. The summed E-state index contributed by atoms with van der Waals surface area (Å²) in [7, 11) is 0. The van der Waals surface area contributed by atoms with Crippen molar-refractivity contribution < 1.29 is 5.11 Å². The van der Waals surface area contributed by atoms with E-state index in [2.05, 4.69) is 13.8 Å². The first-order valence-corrected chi connectivity index (χ1v) is 3.76. The van der Waals surface area contributed by atoms with Crippen LogP contribution in [0.1, 0.15) is 33.6 Å². The molecule has 0 bridgehead atoms. The molecule has 0 saturated heterocycles. The molecule has 54 valence electrons. The van der Waals surface area contributed by atoms with E-state index in [4.69, 9.17) is 0 Å². The van der Waals surface area contributed by atoms with Gasteiger partial charge in [-0.1, -0.05) is 13.8 Å². The third kappa shape index (κ3) is 1.11. The molecule has 3 unspecified atom stereocenters. The molecular weight excluding hydrogens is 112 g/mol. The van der Waals surface area contributed by atoms with Gasteiger partial charge in [0, 0.05) is 0 Å². The van der Waals surface area contributed by atoms with Gasteiger partial charge in [-0.25, -0.2) is 0 Å². The van der Waals surface area contributed by atoms with Crippen LogP contribution in [0.3, 0.4) is 0 Å². The molecule has 0 radical (unpaired) electrons. The summed E-state index contributed by atoms with van der Waals surface area (Å²) in [6, 6.07) is 0. The van der Waals surface area contributed by atoms with Gasteiger partial charge in [-0.05, 0) is 31.6 Å². The van der Waals surface area contributed by atoms with Crippen molar-refractivity contribution in [1.82, 2.24) is 0 Å². The van der Waals surface area contributed by atoms with Crippen LogP contribution in [-0.4, -0.2) is 10.7 Å². The predicted molar refractivity (Wildman–Crippen MR) is 38.2 cm³/mol. The Morgan fingerprint density at radius 3 is 2.11 bits per heavy atom. The zero-order valence-electron chi connectivity index (χ0n) is 6.52. The molecule has 1 nitrogen and oxygen atoms in total. The normalized spacial score (nSPS) is 52.0. The largest absolute Gasteiger partial charge is 0.390 e. The number of hydrogen-bond acceptors (Lipinski definition) is 1. The highest BCUT2D eigenvalue weighted by Crippen LogP contribution is 2.38. The summed E-state index contributed by atoms with van der Waals surface area (Å²) in [5, 5.41) is 9.63. The lowest BCUT2D eigenvalue weighted by atomic mass is 9.90. The standard InChI is InChI=1S/C8H16O/c1-6-4-5-8(3,9)7(6)2/h6-7,9H,4-5H2,1-3H3. The lowest BCUT2D eigenvalue weighted by molar-refractivity contribution is 0.0202. The molecule has 0 aliphatic heterocycles. The highest BCUT2D eigenvalue weighted by atomic mass is 16.3. The van der Waals surface area contributed by atoms with Crippen LogP contribution in [0, 0.1) is 11.8 Å². The first kappa shape index (κ1) is 7.07. The van der Waals surface area contributed by atoms with Crippen molar-refractivity contribution >= 4 is 0 Å². The summed E-state index contributed by atoms with van der Waals surface area (Å²) in [4.78, 5) is 0. The fourth-order valence-electron chi connectivity index (χ4n) is 1.61. The fraction of sp³-hybridized carbons (Fsp3) is 1.00. The lowest BCUT2D eigenvalue weighted by Gasteiger charge is -2.23. The zero-order chi connectivity index (χ0) is 7.07. The molecule has 0 aromatic rings. The summed E-state index contributed by atoms with van der Waals surface area (Å²) in [6.07, 6.45) is 2.17. The minimum atomic E-state index is -0.376. The molecule has 1 aliphatic rings. The van der Waals surface area contributed by atoms with Gasteiger partial charge in [0.05, 0.1) is 5.60 Å². The van der Waals surface area contributed by atoms with Gasteiger partial charge in [0.2, 0.25) is 0 Å². The number of rotatable bonds is 0. The quantitative estimate of drug-likeness (QED) is 0.527. The van der Waals surface area contributed by atoms with Gasteiger partial charge in [-0.3, -0.25) is 0 Å². The Labute approximate surface area is 57.1 Å². The first-order valence-electron chi connectivity index (χ1n) is 3.76. The zero-order valence-corrected chi connectivity index (χ0v) is 6.52. The van der Waals surface area contributed by atoms with Crippen molar-refractivity contribution in [1.29, 1.82) is 0 Å². The molecule has 0 spiro atoms. The molecule has 0 heterocycles. The van der Waals surface area contributed by atoms with Crippen LogP contribution in [0.25, 0.3) is 0 Å². The van der Waals surface area contributed by atoms with E-state index < -0.39 is 0 Å². The van der Waals surface area contributed by atoms with E-state index >= 15 is 0 Å². The summed E-state index contributed by atoms with van der Waals surface area (Å²) in [5.41, 5.74) is -0.376. The molecule has 1 fully saturated rings. The Kier molecular flexibility index (Phi) is 1.55. The maximum absolute atomic E-state index is 9.63. The molecule has 9 heavy (non-hydrogen) atoms. The lowest BCUT2D eigenvalue weighted by Crippen LogP contribution is -2.28. The maximum atomic E-state index is 9.63. The second kappa shape index (κ2) is 1.98. The van der Waals surface area contributed by atoms with Gasteiger partial charge in [0.1, 0.15) is 0 Å². The SMILES string of the molecule is CC1CCC(C)(O)C1C. The highest BCUT2D eigenvalue weighted by Gasteiger charge is 2.38. The van der Waals surface area contributed by atoms with Crippen LogP contribution in [0.2, 0.25) is 0 Å². The van der Waals surface area contributed by atoms with Gasteiger partial charge in [-0.15, -0.1) is 0 Å². The molecule has 1 heteroatoms. The van der Waals surface area contributed by atoms with Gasteiger partial charge >= 0.3 is 0 Å². The molecule has 1 aliphatic carbocycles.